The van der Waals surface area contributed by atoms with E-state index in [0.717, 1.165) is 0 Å². The van der Waals surface area contributed by atoms with Gasteiger partial charge in [-0.2, -0.15) is 0 Å². The number of benzene rings is 4. The van der Waals surface area contributed by atoms with Crippen molar-refractivity contribution in [1.29, 1.82) is 0 Å². The fraction of sp³-hybridized carbons (Fsp3) is 0.259. The van der Waals surface area contributed by atoms with E-state index in [4.69, 9.17) is 25.3 Å². The van der Waals surface area contributed by atoms with Gasteiger partial charge in [-0.3, -0.25) is 0 Å². The summed E-state index contributed by atoms with van der Waals surface area (Å²) in [7, 11) is -2.17. The molecule has 4 aromatic carbocycles. The molecule has 0 saturated carbocycles. The molecule has 5 N–H and O–H groups in total. The summed E-state index contributed by atoms with van der Waals surface area (Å²) < 4.78 is 0. The molecule has 0 radical (unpaired) electrons. The highest BCUT2D eigenvalue weighted by Gasteiger charge is 2.31. The normalized spacial score (nSPS) is 11.3. The Kier molecular flexibility index (Phi) is 8.78. The third kappa shape index (κ3) is 7.67. The lowest BCUT2D eigenvalue weighted by Crippen LogP contribution is -2.44. The molecule has 0 aromatic heterocycles. The van der Waals surface area contributed by atoms with Gasteiger partial charge in [0.05, 0.1) is 11.2 Å². The van der Waals surface area contributed by atoms with Crippen LogP contribution in [0.15, 0.2) is 78.9 Å². The van der Waals surface area contributed by atoms with E-state index in [0.29, 0.717) is 0 Å². The first-order valence-corrected chi connectivity index (χ1v) is 10.8. The van der Waals surface area contributed by atoms with Crippen LogP contribution in [0.4, 0.5) is 0 Å². The van der Waals surface area contributed by atoms with Gasteiger partial charge < -0.3 is 25.3 Å². The van der Waals surface area contributed by atoms with E-state index < -0.39 is 18.5 Å². The Hall–Kier alpha value is -2.74. The molecule has 0 aliphatic rings. The number of rotatable bonds is 2. The third-order valence-electron chi connectivity index (χ3n) is 5.61. The quantitative estimate of drug-likeness (QED) is 0.231. The number of hydrogen-bond donors (Lipinski definition) is 5. The highest BCUT2D eigenvalue weighted by molar-refractivity contribution is 6.30. The minimum absolute atomic E-state index is 1.01. The molecule has 0 fully saturated rings. The van der Waals surface area contributed by atoms with Gasteiger partial charge in [0, 0.05) is 0 Å². The predicted molar refractivity (Wildman–Crippen MR) is 137 cm³/mol. The molecule has 0 aliphatic carbocycles. The van der Waals surface area contributed by atoms with E-state index in [-0.39, 0.29) is 0 Å². The molecule has 4 aromatic rings. The first kappa shape index (κ1) is 26.5. The van der Waals surface area contributed by atoms with Crippen molar-refractivity contribution in [2.45, 2.75) is 45.8 Å². The average Bonchev–Trinajstić information content (AvgIpc) is 2.71. The van der Waals surface area contributed by atoms with Crippen LogP contribution in [0.2, 0.25) is 0 Å². The predicted octanol–water partition coefficient (Wildman–Crippen LogP) is 4.44. The second kappa shape index (κ2) is 10.9. The van der Waals surface area contributed by atoms with Gasteiger partial charge in [-0.15, -0.1) is 0 Å². The highest BCUT2D eigenvalue weighted by atomic mass is 16.5. The fourth-order valence-corrected chi connectivity index (χ4v) is 2.95. The van der Waals surface area contributed by atoms with Crippen LogP contribution < -0.4 is 0 Å². The number of aryl methyl sites for hydroxylation is 1. The van der Waals surface area contributed by atoms with Crippen molar-refractivity contribution in [2.24, 2.45) is 0 Å². The number of hydrogen-bond acceptors (Lipinski definition) is 5. The van der Waals surface area contributed by atoms with Crippen LogP contribution in [0.25, 0.3) is 32.7 Å². The van der Waals surface area contributed by atoms with Gasteiger partial charge in [-0.05, 0) is 79.4 Å². The molecular weight excluding hydrogens is 415 g/mol. The zero-order valence-electron chi connectivity index (χ0n) is 19.8. The van der Waals surface area contributed by atoms with E-state index in [2.05, 4.69) is 85.8 Å². The van der Waals surface area contributed by atoms with E-state index in [9.17, 15) is 0 Å². The van der Waals surface area contributed by atoms with Crippen molar-refractivity contribution in [3.63, 3.8) is 0 Å². The van der Waals surface area contributed by atoms with Crippen molar-refractivity contribution in [1.82, 2.24) is 0 Å². The minimum atomic E-state index is -2.17. The molecule has 6 heteroatoms. The summed E-state index contributed by atoms with van der Waals surface area (Å²) in [6, 6.07) is 28.5. The lowest BCUT2D eigenvalue weighted by molar-refractivity contribution is -0.107. The summed E-state index contributed by atoms with van der Waals surface area (Å²) in [6.07, 6.45) is 0. The van der Waals surface area contributed by atoms with Gasteiger partial charge in [0.2, 0.25) is 0 Å². The summed E-state index contributed by atoms with van der Waals surface area (Å²) in [6.45, 7) is 8.43. The monoisotopic (exact) mass is 448 g/mol. The first-order chi connectivity index (χ1) is 15.3. The van der Waals surface area contributed by atoms with E-state index >= 15 is 0 Å². The zero-order chi connectivity index (χ0) is 24.8. The summed E-state index contributed by atoms with van der Waals surface area (Å²) in [5, 5.41) is 44.9. The average molecular weight is 448 g/mol. The minimum Gasteiger partial charge on any atom is -0.402 e. The lowest BCUT2D eigenvalue weighted by atomic mass is 9.90. The van der Waals surface area contributed by atoms with Gasteiger partial charge in [-0.1, -0.05) is 72.3 Å². The maximum Gasteiger partial charge on any atom is 0.631 e. The van der Waals surface area contributed by atoms with Crippen LogP contribution in [-0.4, -0.2) is 43.8 Å². The van der Waals surface area contributed by atoms with Gasteiger partial charge in [-0.25, -0.2) is 0 Å². The molecule has 0 heterocycles. The fourth-order valence-electron chi connectivity index (χ4n) is 2.95. The van der Waals surface area contributed by atoms with Crippen molar-refractivity contribution in [3.05, 3.63) is 84.4 Å². The molecule has 4 rings (SSSR count). The molecule has 0 unspecified atom stereocenters. The first-order valence-electron chi connectivity index (χ1n) is 10.8. The molecule has 0 aliphatic heterocycles. The molecule has 33 heavy (non-hydrogen) atoms. The maximum atomic E-state index is 9.10. The molecule has 0 amide bonds. The Balaban J connectivity index is 0.000000270. The smallest absolute Gasteiger partial charge is 0.402 e. The largest absolute Gasteiger partial charge is 0.631 e. The van der Waals surface area contributed by atoms with Crippen LogP contribution in [-0.2, 0) is 0 Å². The van der Waals surface area contributed by atoms with Crippen molar-refractivity contribution in [3.8, 4) is 11.1 Å². The number of fused-ring (bicyclic) bond motifs is 2. The van der Waals surface area contributed by atoms with Gasteiger partial charge in [0.1, 0.15) is 0 Å². The molecule has 0 saturated heterocycles. The Morgan fingerprint density at radius 1 is 0.606 bits per heavy atom. The molecule has 5 nitrogen and oxygen atoms in total. The Morgan fingerprint density at radius 2 is 1.06 bits per heavy atom. The topological polar surface area (TPSA) is 101 Å². The van der Waals surface area contributed by atoms with Gasteiger partial charge in [0.25, 0.3) is 0 Å². The zero-order valence-corrected chi connectivity index (χ0v) is 19.8. The summed E-state index contributed by atoms with van der Waals surface area (Å²) in [4.78, 5) is 0. The van der Waals surface area contributed by atoms with Crippen molar-refractivity contribution < 1.29 is 25.3 Å². The maximum absolute atomic E-state index is 9.10. The summed E-state index contributed by atoms with van der Waals surface area (Å²) in [5.74, 6) is 0. The Bertz CT molecular complexity index is 1160. The van der Waals surface area contributed by atoms with Crippen LogP contribution >= 0.6 is 0 Å². The Labute approximate surface area is 195 Å². The molecule has 174 valence electrons. The van der Waals surface area contributed by atoms with Crippen LogP contribution in [0.5, 0.6) is 0 Å². The lowest BCUT2D eigenvalue weighted by Gasteiger charge is -2.31. The standard InChI is InChI=1S/C21H16.C6H14O2.BH3O3/c1-15-9-11-16(12-10-15)20-8-4-7-19-13-17-5-2-3-6-18(17)14-21(19)20;1-5(2,7)6(3,4)8;2-1(3)4/h2-14H,1H3;7-8H,1-4H3;2-4H. The van der Waals surface area contributed by atoms with Gasteiger partial charge >= 0.3 is 7.32 Å². The summed E-state index contributed by atoms with van der Waals surface area (Å²) >= 11 is 0. The van der Waals surface area contributed by atoms with Crippen LogP contribution in [0.1, 0.15) is 33.3 Å². The highest BCUT2D eigenvalue weighted by Crippen LogP contribution is 2.31. The third-order valence-corrected chi connectivity index (χ3v) is 5.61. The van der Waals surface area contributed by atoms with E-state index in [1.165, 1.54) is 38.2 Å². The van der Waals surface area contributed by atoms with Crippen molar-refractivity contribution >= 4 is 28.9 Å². The molecule has 0 bridgehead atoms. The molecular formula is C27H33BO5. The summed E-state index contributed by atoms with van der Waals surface area (Å²) in [5.41, 5.74) is 1.86. The second-order valence-corrected chi connectivity index (χ2v) is 9.06. The molecule has 0 spiro atoms. The number of aliphatic hydroxyl groups is 2. The van der Waals surface area contributed by atoms with E-state index in [1.54, 1.807) is 27.7 Å². The van der Waals surface area contributed by atoms with Crippen LogP contribution in [0.3, 0.4) is 0 Å². The Morgan fingerprint density at radius 3 is 1.55 bits per heavy atom. The van der Waals surface area contributed by atoms with Gasteiger partial charge in [0.15, 0.2) is 0 Å². The van der Waals surface area contributed by atoms with Crippen molar-refractivity contribution in [2.75, 3.05) is 0 Å². The second-order valence-electron chi connectivity index (χ2n) is 9.06. The SMILES string of the molecule is CC(C)(O)C(C)(C)O.Cc1ccc(-c2cccc3cc4ccccc4cc23)cc1.OB(O)O. The molecule has 0 atom stereocenters. The van der Waals surface area contributed by atoms with Crippen LogP contribution in [0, 0.1) is 6.92 Å². The van der Waals surface area contributed by atoms with E-state index in [1.807, 2.05) is 0 Å².